The van der Waals surface area contributed by atoms with Gasteiger partial charge in [0.05, 0.1) is 10.6 Å². The van der Waals surface area contributed by atoms with E-state index in [0.717, 1.165) is 10.0 Å². The van der Waals surface area contributed by atoms with Gasteiger partial charge in [0.25, 0.3) is 0 Å². The maximum absolute atomic E-state index is 13.1. The molecule has 0 saturated carbocycles. The minimum absolute atomic E-state index is 0.335. The zero-order valence-electron chi connectivity index (χ0n) is 10.0. The Morgan fingerprint density at radius 3 is 2.16 bits per heavy atom. The second-order valence-corrected chi connectivity index (χ2v) is 5.75. The number of ether oxygens (including phenoxy) is 1. The number of benzene rings is 2. The lowest BCUT2D eigenvalue weighted by atomic mass is 10.1. The Morgan fingerprint density at radius 2 is 1.63 bits per heavy atom. The molecule has 19 heavy (non-hydrogen) atoms. The Labute approximate surface area is 127 Å². The van der Waals surface area contributed by atoms with E-state index >= 15 is 0 Å². The number of aliphatic hydroxyl groups is 1. The molecule has 0 aromatic heterocycles. The molecule has 0 amide bonds. The quantitative estimate of drug-likeness (QED) is 0.781. The monoisotopic (exact) mass is 388 g/mol. The average molecular weight is 390 g/mol. The molecule has 0 heterocycles. The summed E-state index contributed by atoms with van der Waals surface area (Å²) in [6, 6.07) is 9.74. The molecule has 2 aromatic carbocycles. The summed E-state index contributed by atoms with van der Waals surface area (Å²) < 4.78 is 19.8. The van der Waals surface area contributed by atoms with E-state index in [4.69, 9.17) is 4.74 Å². The van der Waals surface area contributed by atoms with Gasteiger partial charge in [-0.2, -0.15) is 0 Å². The van der Waals surface area contributed by atoms with E-state index in [9.17, 15) is 9.50 Å². The molecular weight excluding hydrogens is 379 g/mol. The second kappa shape index (κ2) is 6.03. The minimum Gasteiger partial charge on any atom is -0.457 e. The van der Waals surface area contributed by atoms with Crippen LogP contribution in [0.15, 0.2) is 45.3 Å². The van der Waals surface area contributed by atoms with Gasteiger partial charge in [0, 0.05) is 4.47 Å². The number of halogens is 3. The van der Waals surface area contributed by atoms with Crippen LogP contribution >= 0.6 is 31.9 Å². The summed E-state index contributed by atoms with van der Waals surface area (Å²) in [5, 5.41) is 9.53. The van der Waals surface area contributed by atoms with Gasteiger partial charge in [-0.25, -0.2) is 4.39 Å². The highest BCUT2D eigenvalue weighted by Gasteiger charge is 2.08. The van der Waals surface area contributed by atoms with Gasteiger partial charge in [-0.1, -0.05) is 22.0 Å². The van der Waals surface area contributed by atoms with Crippen LogP contribution in [0.25, 0.3) is 0 Å². The van der Waals surface area contributed by atoms with Crippen LogP contribution in [0, 0.1) is 5.82 Å². The smallest absolute Gasteiger partial charge is 0.137 e. The maximum Gasteiger partial charge on any atom is 0.137 e. The lowest BCUT2D eigenvalue weighted by Crippen LogP contribution is -1.93. The third kappa shape index (κ3) is 3.55. The molecule has 2 rings (SSSR count). The first-order valence-electron chi connectivity index (χ1n) is 5.58. The van der Waals surface area contributed by atoms with Crippen LogP contribution in [-0.2, 0) is 0 Å². The Balaban J connectivity index is 2.24. The first kappa shape index (κ1) is 14.5. The van der Waals surface area contributed by atoms with Crippen molar-refractivity contribution in [1.82, 2.24) is 0 Å². The van der Waals surface area contributed by atoms with Crippen molar-refractivity contribution < 1.29 is 14.2 Å². The predicted molar refractivity (Wildman–Crippen MR) is 78.9 cm³/mol. The molecule has 0 bridgehead atoms. The van der Waals surface area contributed by atoms with Gasteiger partial charge >= 0.3 is 0 Å². The molecule has 2 aromatic rings. The fourth-order valence-electron chi connectivity index (χ4n) is 1.59. The van der Waals surface area contributed by atoms with Crippen LogP contribution in [0.1, 0.15) is 18.6 Å². The van der Waals surface area contributed by atoms with E-state index in [-0.39, 0.29) is 5.82 Å². The third-order valence-electron chi connectivity index (χ3n) is 2.55. The first-order valence-corrected chi connectivity index (χ1v) is 7.16. The number of hydrogen-bond donors (Lipinski definition) is 1. The largest absolute Gasteiger partial charge is 0.457 e. The maximum atomic E-state index is 13.1. The van der Waals surface area contributed by atoms with Gasteiger partial charge in [-0.05, 0) is 58.7 Å². The standard InChI is InChI=1S/C14H11Br2FO2/c1-8(18)11-4-2-9(6-12(11)15)19-10-3-5-14(17)13(16)7-10/h2-8,18H,1H3. The van der Waals surface area contributed by atoms with E-state index < -0.39 is 6.10 Å². The molecule has 0 aliphatic carbocycles. The Hall–Kier alpha value is -0.910. The summed E-state index contributed by atoms with van der Waals surface area (Å²) in [4.78, 5) is 0. The topological polar surface area (TPSA) is 29.5 Å². The van der Waals surface area contributed by atoms with Crippen LogP contribution in [0.5, 0.6) is 11.5 Å². The molecule has 0 spiro atoms. The van der Waals surface area contributed by atoms with Crippen LogP contribution in [0.4, 0.5) is 4.39 Å². The Bertz CT molecular complexity index is 600. The molecule has 1 unspecified atom stereocenters. The molecule has 0 fully saturated rings. The first-order chi connectivity index (χ1) is 8.97. The summed E-state index contributed by atoms with van der Waals surface area (Å²) >= 11 is 6.49. The summed E-state index contributed by atoms with van der Waals surface area (Å²) in [6.07, 6.45) is -0.552. The zero-order valence-corrected chi connectivity index (χ0v) is 13.2. The summed E-state index contributed by atoms with van der Waals surface area (Å²) in [7, 11) is 0. The lowest BCUT2D eigenvalue weighted by Gasteiger charge is -2.11. The Kier molecular flexibility index (Phi) is 4.60. The van der Waals surface area contributed by atoms with Gasteiger partial charge < -0.3 is 9.84 Å². The van der Waals surface area contributed by atoms with Gasteiger partial charge in [0.2, 0.25) is 0 Å². The van der Waals surface area contributed by atoms with Crippen molar-refractivity contribution in [2.75, 3.05) is 0 Å². The van der Waals surface area contributed by atoms with Gasteiger partial charge in [0.1, 0.15) is 17.3 Å². The predicted octanol–water partition coefficient (Wildman–Crippen LogP) is 5.20. The lowest BCUT2D eigenvalue weighted by molar-refractivity contribution is 0.198. The molecule has 1 N–H and O–H groups in total. The molecule has 0 aliphatic rings. The van der Waals surface area contributed by atoms with Gasteiger partial charge in [0.15, 0.2) is 0 Å². The van der Waals surface area contributed by atoms with Crippen LogP contribution in [0.3, 0.4) is 0 Å². The van der Waals surface area contributed by atoms with E-state index in [1.165, 1.54) is 6.07 Å². The van der Waals surface area contributed by atoms with E-state index in [0.29, 0.717) is 16.0 Å². The van der Waals surface area contributed by atoms with E-state index in [1.54, 1.807) is 37.3 Å². The molecule has 2 nitrogen and oxygen atoms in total. The summed E-state index contributed by atoms with van der Waals surface area (Å²) in [5.74, 6) is 0.803. The molecule has 5 heteroatoms. The van der Waals surface area contributed by atoms with Crippen molar-refractivity contribution in [1.29, 1.82) is 0 Å². The van der Waals surface area contributed by atoms with Crippen molar-refractivity contribution in [3.63, 3.8) is 0 Å². The molecule has 1 atom stereocenters. The molecule has 100 valence electrons. The van der Waals surface area contributed by atoms with Crippen LogP contribution in [0.2, 0.25) is 0 Å². The average Bonchev–Trinajstić information content (AvgIpc) is 2.33. The second-order valence-electron chi connectivity index (χ2n) is 4.04. The number of aliphatic hydroxyl groups excluding tert-OH is 1. The third-order valence-corrected chi connectivity index (χ3v) is 3.84. The van der Waals surface area contributed by atoms with E-state index in [2.05, 4.69) is 31.9 Å². The van der Waals surface area contributed by atoms with Crippen molar-refractivity contribution >= 4 is 31.9 Å². The van der Waals surface area contributed by atoms with Crippen molar-refractivity contribution in [3.8, 4) is 11.5 Å². The van der Waals surface area contributed by atoms with E-state index in [1.807, 2.05) is 0 Å². The van der Waals surface area contributed by atoms with Gasteiger partial charge in [-0.3, -0.25) is 0 Å². The van der Waals surface area contributed by atoms with Crippen molar-refractivity contribution in [2.24, 2.45) is 0 Å². The number of rotatable bonds is 3. The molecule has 0 saturated heterocycles. The molecular formula is C14H11Br2FO2. The minimum atomic E-state index is -0.552. The van der Waals surface area contributed by atoms with Crippen molar-refractivity contribution in [2.45, 2.75) is 13.0 Å². The highest BCUT2D eigenvalue weighted by molar-refractivity contribution is 9.10. The van der Waals surface area contributed by atoms with Crippen LogP contribution in [-0.4, -0.2) is 5.11 Å². The summed E-state index contributed by atoms with van der Waals surface area (Å²) in [5.41, 5.74) is 0.785. The molecule has 0 radical (unpaired) electrons. The summed E-state index contributed by atoms with van der Waals surface area (Å²) in [6.45, 7) is 1.69. The Morgan fingerprint density at radius 1 is 1.05 bits per heavy atom. The van der Waals surface area contributed by atoms with Crippen LogP contribution < -0.4 is 4.74 Å². The fourth-order valence-corrected chi connectivity index (χ4v) is 2.63. The normalized spacial score (nSPS) is 12.3. The highest BCUT2D eigenvalue weighted by Crippen LogP contribution is 2.31. The zero-order chi connectivity index (χ0) is 14.0. The number of hydrogen-bond acceptors (Lipinski definition) is 2. The highest BCUT2D eigenvalue weighted by atomic mass is 79.9. The fraction of sp³-hybridized carbons (Fsp3) is 0.143. The van der Waals surface area contributed by atoms with Gasteiger partial charge in [-0.15, -0.1) is 0 Å². The SMILES string of the molecule is CC(O)c1ccc(Oc2ccc(F)c(Br)c2)cc1Br. The molecule has 0 aliphatic heterocycles. The van der Waals surface area contributed by atoms with Crippen molar-refractivity contribution in [3.05, 3.63) is 56.7 Å².